The first kappa shape index (κ1) is 14.8. The van der Waals surface area contributed by atoms with Gasteiger partial charge in [0, 0.05) is 36.6 Å². The minimum absolute atomic E-state index is 0.0571. The number of hydrogen-bond acceptors (Lipinski definition) is 2. The number of rotatable bonds is 6. The Morgan fingerprint density at radius 2 is 2.10 bits per heavy atom. The maximum Gasteiger partial charge on any atom is 0.253 e. The van der Waals surface area contributed by atoms with Gasteiger partial charge in [0.15, 0.2) is 0 Å². The molecule has 0 bridgehead atoms. The van der Waals surface area contributed by atoms with Crippen LogP contribution in [-0.2, 0) is 0 Å². The molecule has 0 aliphatic carbocycles. The van der Waals surface area contributed by atoms with E-state index in [9.17, 15) is 4.79 Å². The van der Waals surface area contributed by atoms with E-state index in [1.54, 1.807) is 11.1 Å². The van der Waals surface area contributed by atoms with Crippen LogP contribution in [0.5, 0.6) is 0 Å². The molecule has 0 atom stereocenters. The minimum Gasteiger partial charge on any atom is -0.342 e. The van der Waals surface area contributed by atoms with Crippen LogP contribution in [0.1, 0.15) is 29.6 Å². The Bertz CT molecular complexity index is 585. The molecular formula is C16H19ClN2O. The molecule has 4 heteroatoms. The maximum absolute atomic E-state index is 12.3. The SMILES string of the molecule is CN(CCCCCCl)C(=O)c1ccc2ncccc2c1. The van der Waals surface area contributed by atoms with Crippen LogP contribution in [0.4, 0.5) is 0 Å². The molecule has 3 nitrogen and oxygen atoms in total. The van der Waals surface area contributed by atoms with Crippen LogP contribution in [0.2, 0.25) is 0 Å². The van der Waals surface area contributed by atoms with Crippen LogP contribution in [0.25, 0.3) is 10.9 Å². The third-order valence-electron chi connectivity index (χ3n) is 3.32. The van der Waals surface area contributed by atoms with Crippen LogP contribution in [0, 0.1) is 0 Å². The monoisotopic (exact) mass is 290 g/mol. The molecule has 1 aromatic carbocycles. The summed E-state index contributed by atoms with van der Waals surface area (Å²) in [4.78, 5) is 18.4. The molecule has 2 rings (SSSR count). The fourth-order valence-corrected chi connectivity index (χ4v) is 2.34. The molecule has 0 saturated carbocycles. The van der Waals surface area contributed by atoms with Gasteiger partial charge in [-0.15, -0.1) is 11.6 Å². The van der Waals surface area contributed by atoms with Crippen molar-refractivity contribution in [1.82, 2.24) is 9.88 Å². The molecule has 0 radical (unpaired) electrons. The smallest absolute Gasteiger partial charge is 0.253 e. The van der Waals surface area contributed by atoms with E-state index >= 15 is 0 Å². The van der Waals surface area contributed by atoms with Crippen LogP contribution >= 0.6 is 11.6 Å². The van der Waals surface area contributed by atoms with E-state index in [0.717, 1.165) is 36.7 Å². The van der Waals surface area contributed by atoms with Crippen LogP contribution < -0.4 is 0 Å². The minimum atomic E-state index is 0.0571. The number of unbranched alkanes of at least 4 members (excludes halogenated alkanes) is 2. The van der Waals surface area contributed by atoms with Crippen molar-refractivity contribution < 1.29 is 4.79 Å². The second-order valence-electron chi connectivity index (χ2n) is 4.89. The number of alkyl halides is 1. The number of aromatic nitrogens is 1. The van der Waals surface area contributed by atoms with Gasteiger partial charge >= 0.3 is 0 Å². The fraction of sp³-hybridized carbons (Fsp3) is 0.375. The summed E-state index contributed by atoms with van der Waals surface area (Å²) in [7, 11) is 1.84. The van der Waals surface area contributed by atoms with Gasteiger partial charge in [-0.3, -0.25) is 9.78 Å². The molecule has 106 valence electrons. The van der Waals surface area contributed by atoms with Gasteiger partial charge < -0.3 is 4.90 Å². The average Bonchev–Trinajstić information content (AvgIpc) is 2.50. The van der Waals surface area contributed by atoms with E-state index in [4.69, 9.17) is 11.6 Å². The Kier molecular flexibility index (Phi) is 5.36. The van der Waals surface area contributed by atoms with Crippen molar-refractivity contribution in [2.24, 2.45) is 0 Å². The number of halogens is 1. The Labute approximate surface area is 124 Å². The van der Waals surface area contributed by atoms with E-state index in [0.29, 0.717) is 11.4 Å². The van der Waals surface area contributed by atoms with E-state index in [1.165, 1.54) is 0 Å². The zero-order valence-electron chi connectivity index (χ0n) is 11.7. The molecule has 0 saturated heterocycles. The number of carbonyl (C=O) groups is 1. The molecule has 2 aromatic rings. The highest BCUT2D eigenvalue weighted by molar-refractivity contribution is 6.17. The van der Waals surface area contributed by atoms with Gasteiger partial charge in [0.1, 0.15) is 0 Å². The highest BCUT2D eigenvalue weighted by Crippen LogP contribution is 2.14. The van der Waals surface area contributed by atoms with Crippen molar-refractivity contribution in [1.29, 1.82) is 0 Å². The van der Waals surface area contributed by atoms with Gasteiger partial charge in [-0.05, 0) is 37.1 Å². The number of carbonyl (C=O) groups excluding carboxylic acids is 1. The average molecular weight is 291 g/mol. The molecule has 1 amide bonds. The van der Waals surface area contributed by atoms with E-state index in [1.807, 2.05) is 37.4 Å². The predicted octanol–water partition coefficient (Wildman–Crippen LogP) is 3.72. The quantitative estimate of drug-likeness (QED) is 0.600. The first-order chi connectivity index (χ1) is 9.72. The van der Waals surface area contributed by atoms with E-state index in [-0.39, 0.29) is 5.91 Å². The summed E-state index contributed by atoms with van der Waals surface area (Å²) in [5, 5.41) is 0.994. The number of amides is 1. The van der Waals surface area contributed by atoms with Crippen molar-refractivity contribution in [2.45, 2.75) is 19.3 Å². The molecule has 0 spiro atoms. The third-order valence-corrected chi connectivity index (χ3v) is 3.59. The topological polar surface area (TPSA) is 33.2 Å². The van der Waals surface area contributed by atoms with E-state index in [2.05, 4.69) is 4.98 Å². The van der Waals surface area contributed by atoms with Gasteiger partial charge in [-0.1, -0.05) is 12.5 Å². The number of hydrogen-bond donors (Lipinski definition) is 0. The van der Waals surface area contributed by atoms with Gasteiger partial charge in [-0.25, -0.2) is 0 Å². The van der Waals surface area contributed by atoms with E-state index < -0.39 is 0 Å². The van der Waals surface area contributed by atoms with Crippen molar-refractivity contribution in [3.8, 4) is 0 Å². The maximum atomic E-state index is 12.3. The number of benzene rings is 1. The highest BCUT2D eigenvalue weighted by Gasteiger charge is 2.11. The molecule has 0 N–H and O–H groups in total. The molecule has 1 aromatic heterocycles. The lowest BCUT2D eigenvalue weighted by atomic mass is 10.1. The second-order valence-corrected chi connectivity index (χ2v) is 5.27. The van der Waals surface area contributed by atoms with Crippen LogP contribution in [-0.4, -0.2) is 35.3 Å². The zero-order valence-corrected chi connectivity index (χ0v) is 12.4. The molecule has 0 aliphatic rings. The Morgan fingerprint density at radius 1 is 1.25 bits per heavy atom. The normalized spacial score (nSPS) is 10.7. The summed E-state index contributed by atoms with van der Waals surface area (Å²) in [6, 6.07) is 9.49. The number of pyridine rings is 1. The lowest BCUT2D eigenvalue weighted by Gasteiger charge is -2.17. The third kappa shape index (κ3) is 3.70. The molecule has 0 aliphatic heterocycles. The van der Waals surface area contributed by atoms with Crippen LogP contribution in [0.15, 0.2) is 36.5 Å². The van der Waals surface area contributed by atoms with Gasteiger partial charge in [0.25, 0.3) is 5.91 Å². The lowest BCUT2D eigenvalue weighted by Crippen LogP contribution is -2.27. The van der Waals surface area contributed by atoms with Gasteiger partial charge in [-0.2, -0.15) is 0 Å². The van der Waals surface area contributed by atoms with Crippen molar-refractivity contribution in [2.75, 3.05) is 19.5 Å². The second kappa shape index (κ2) is 7.25. The fourth-order valence-electron chi connectivity index (χ4n) is 2.15. The Balaban J connectivity index is 2.02. The molecule has 1 heterocycles. The molecular weight excluding hydrogens is 272 g/mol. The Morgan fingerprint density at radius 3 is 2.90 bits per heavy atom. The summed E-state index contributed by atoms with van der Waals surface area (Å²) < 4.78 is 0. The lowest BCUT2D eigenvalue weighted by molar-refractivity contribution is 0.0793. The zero-order chi connectivity index (χ0) is 14.4. The van der Waals surface area contributed by atoms with Crippen molar-refractivity contribution in [3.05, 3.63) is 42.1 Å². The molecule has 20 heavy (non-hydrogen) atoms. The highest BCUT2D eigenvalue weighted by atomic mass is 35.5. The van der Waals surface area contributed by atoms with Gasteiger partial charge in [0.2, 0.25) is 0 Å². The van der Waals surface area contributed by atoms with Crippen molar-refractivity contribution >= 4 is 28.4 Å². The van der Waals surface area contributed by atoms with Gasteiger partial charge in [0.05, 0.1) is 5.52 Å². The summed E-state index contributed by atoms with van der Waals surface area (Å²) in [6.07, 6.45) is 4.81. The van der Waals surface area contributed by atoms with Crippen LogP contribution in [0.3, 0.4) is 0 Å². The number of nitrogens with zero attached hydrogens (tertiary/aromatic N) is 2. The molecule has 0 unspecified atom stereocenters. The summed E-state index contributed by atoms with van der Waals surface area (Å²) in [5.41, 5.74) is 1.62. The summed E-state index contributed by atoms with van der Waals surface area (Å²) in [5.74, 6) is 0.747. The molecule has 0 fully saturated rings. The summed E-state index contributed by atoms with van der Waals surface area (Å²) >= 11 is 5.64. The van der Waals surface area contributed by atoms with Crippen molar-refractivity contribution in [3.63, 3.8) is 0 Å². The number of fused-ring (bicyclic) bond motifs is 1. The first-order valence-corrected chi connectivity index (χ1v) is 7.42. The summed E-state index contributed by atoms with van der Waals surface area (Å²) in [6.45, 7) is 0.765. The largest absolute Gasteiger partial charge is 0.342 e. The Hall–Kier alpha value is -1.61. The standard InChI is InChI=1S/C16H19ClN2O/c1-19(11-4-2-3-9-17)16(20)14-7-8-15-13(12-14)6-5-10-18-15/h5-8,10,12H,2-4,9,11H2,1H3. The first-order valence-electron chi connectivity index (χ1n) is 6.88. The predicted molar refractivity (Wildman–Crippen MR) is 83.3 cm³/mol.